The van der Waals surface area contributed by atoms with E-state index in [2.05, 4.69) is 25.7 Å². The molecule has 7 nitrogen and oxygen atoms in total. The topological polar surface area (TPSA) is 88.5 Å². The van der Waals surface area contributed by atoms with Gasteiger partial charge >= 0.3 is 0 Å². The summed E-state index contributed by atoms with van der Waals surface area (Å²) < 4.78 is 15.6. The molecule has 4 rings (SSSR count). The smallest absolute Gasteiger partial charge is 0.234 e. The Labute approximate surface area is 170 Å². The van der Waals surface area contributed by atoms with E-state index in [-0.39, 0.29) is 17.3 Å². The van der Waals surface area contributed by atoms with Crippen LogP contribution in [0.1, 0.15) is 5.69 Å². The molecule has 0 saturated heterocycles. The molecule has 4 aromatic rings. The summed E-state index contributed by atoms with van der Waals surface area (Å²) in [7, 11) is 0. The standard InChI is InChI=1S/C20H17FN6OS/c1-13-11-17(24-23-13)19-25-26-20(27(19)14-7-3-2-4-8-14)29-12-18(28)22-16-10-6-5-9-15(16)21/h2-11H,12H2,1H3,(H,22,28)(H,23,24). The molecule has 0 fully saturated rings. The lowest BCUT2D eigenvalue weighted by Crippen LogP contribution is -2.15. The summed E-state index contributed by atoms with van der Waals surface area (Å²) in [4.78, 5) is 12.3. The Balaban J connectivity index is 1.58. The van der Waals surface area contributed by atoms with Gasteiger partial charge in [0.2, 0.25) is 5.91 Å². The number of para-hydroxylation sites is 2. The molecular weight excluding hydrogens is 391 g/mol. The highest BCUT2D eigenvalue weighted by molar-refractivity contribution is 7.99. The van der Waals surface area contributed by atoms with Crippen molar-refractivity contribution in [1.82, 2.24) is 25.0 Å². The Morgan fingerprint density at radius 2 is 1.90 bits per heavy atom. The van der Waals surface area contributed by atoms with Gasteiger partial charge in [-0.2, -0.15) is 5.10 Å². The number of aromatic amines is 1. The van der Waals surface area contributed by atoms with E-state index in [1.165, 1.54) is 23.9 Å². The third kappa shape index (κ3) is 4.19. The van der Waals surface area contributed by atoms with Gasteiger partial charge in [-0.15, -0.1) is 10.2 Å². The second-order valence-corrected chi connectivity index (χ2v) is 7.17. The molecule has 0 spiro atoms. The van der Waals surface area contributed by atoms with Gasteiger partial charge in [0.1, 0.15) is 11.5 Å². The Hall–Kier alpha value is -3.46. The van der Waals surface area contributed by atoms with Crippen molar-refractivity contribution in [1.29, 1.82) is 0 Å². The summed E-state index contributed by atoms with van der Waals surface area (Å²) in [6.45, 7) is 1.91. The fraction of sp³-hybridized carbons (Fsp3) is 0.100. The van der Waals surface area contributed by atoms with Gasteiger partial charge in [0, 0.05) is 11.4 Å². The second-order valence-electron chi connectivity index (χ2n) is 6.23. The maximum absolute atomic E-state index is 13.7. The zero-order chi connectivity index (χ0) is 20.2. The van der Waals surface area contributed by atoms with Crippen molar-refractivity contribution in [3.8, 4) is 17.2 Å². The summed E-state index contributed by atoms with van der Waals surface area (Å²) in [5.74, 6) is -0.189. The number of carbonyl (C=O) groups is 1. The Morgan fingerprint density at radius 1 is 1.14 bits per heavy atom. The van der Waals surface area contributed by atoms with Crippen LogP contribution in [0.5, 0.6) is 0 Å². The highest BCUT2D eigenvalue weighted by atomic mass is 32.2. The van der Waals surface area contributed by atoms with Crippen LogP contribution in [-0.4, -0.2) is 36.6 Å². The molecule has 2 N–H and O–H groups in total. The maximum Gasteiger partial charge on any atom is 0.234 e. The molecule has 0 aliphatic heterocycles. The predicted octanol–water partition coefficient (Wildman–Crippen LogP) is 3.84. The fourth-order valence-electron chi connectivity index (χ4n) is 2.75. The van der Waals surface area contributed by atoms with Gasteiger partial charge in [0.05, 0.1) is 11.4 Å². The minimum atomic E-state index is -0.477. The quantitative estimate of drug-likeness (QED) is 0.473. The van der Waals surface area contributed by atoms with E-state index in [4.69, 9.17) is 0 Å². The molecule has 146 valence electrons. The summed E-state index contributed by atoms with van der Waals surface area (Å²) in [6.07, 6.45) is 0. The van der Waals surface area contributed by atoms with E-state index in [1.807, 2.05) is 47.9 Å². The average Bonchev–Trinajstić information content (AvgIpc) is 3.35. The number of amides is 1. The number of nitrogens with zero attached hydrogens (tertiary/aromatic N) is 4. The first-order valence-corrected chi connectivity index (χ1v) is 9.81. The van der Waals surface area contributed by atoms with Crippen LogP contribution in [0.2, 0.25) is 0 Å². The van der Waals surface area contributed by atoms with Crippen molar-refractivity contribution < 1.29 is 9.18 Å². The number of rotatable bonds is 6. The zero-order valence-electron chi connectivity index (χ0n) is 15.5. The van der Waals surface area contributed by atoms with Gasteiger partial charge in [-0.3, -0.25) is 14.5 Å². The van der Waals surface area contributed by atoms with Crippen LogP contribution in [0.15, 0.2) is 65.8 Å². The number of hydrogen-bond donors (Lipinski definition) is 2. The van der Waals surface area contributed by atoms with Gasteiger partial charge in [-0.25, -0.2) is 4.39 Å². The molecule has 2 aromatic carbocycles. The first-order valence-electron chi connectivity index (χ1n) is 8.82. The molecule has 2 aromatic heterocycles. The highest BCUT2D eigenvalue weighted by Gasteiger charge is 2.19. The van der Waals surface area contributed by atoms with Gasteiger partial charge in [0.25, 0.3) is 0 Å². The lowest BCUT2D eigenvalue weighted by molar-refractivity contribution is -0.113. The molecule has 0 aliphatic rings. The number of nitrogens with one attached hydrogen (secondary N) is 2. The number of halogens is 1. The lowest BCUT2D eigenvalue weighted by atomic mass is 10.3. The van der Waals surface area contributed by atoms with E-state index >= 15 is 0 Å². The van der Waals surface area contributed by atoms with Crippen LogP contribution in [0.4, 0.5) is 10.1 Å². The lowest BCUT2D eigenvalue weighted by Gasteiger charge is -2.09. The molecule has 0 radical (unpaired) electrons. The number of hydrogen-bond acceptors (Lipinski definition) is 5. The maximum atomic E-state index is 13.7. The number of aromatic nitrogens is 5. The van der Waals surface area contributed by atoms with Crippen molar-refractivity contribution in [2.24, 2.45) is 0 Å². The normalized spacial score (nSPS) is 10.8. The Morgan fingerprint density at radius 3 is 2.62 bits per heavy atom. The molecule has 0 aliphatic carbocycles. The number of thioether (sulfide) groups is 1. The number of carbonyl (C=O) groups excluding carboxylic acids is 1. The molecule has 2 heterocycles. The van der Waals surface area contributed by atoms with E-state index in [1.54, 1.807) is 12.1 Å². The van der Waals surface area contributed by atoms with E-state index in [9.17, 15) is 9.18 Å². The Bertz CT molecular complexity index is 1140. The van der Waals surface area contributed by atoms with Crippen molar-refractivity contribution in [3.63, 3.8) is 0 Å². The summed E-state index contributed by atoms with van der Waals surface area (Å²) >= 11 is 1.21. The number of H-pyrrole nitrogens is 1. The van der Waals surface area contributed by atoms with Gasteiger partial charge in [0.15, 0.2) is 11.0 Å². The number of anilines is 1. The summed E-state index contributed by atoms with van der Waals surface area (Å²) in [5, 5.41) is 18.8. The minimum absolute atomic E-state index is 0.0545. The molecule has 0 bridgehead atoms. The van der Waals surface area contributed by atoms with Crippen LogP contribution in [0, 0.1) is 12.7 Å². The van der Waals surface area contributed by atoms with Crippen molar-refractivity contribution in [2.45, 2.75) is 12.1 Å². The minimum Gasteiger partial charge on any atom is -0.323 e. The molecule has 0 saturated carbocycles. The molecule has 0 unspecified atom stereocenters. The van der Waals surface area contributed by atoms with Crippen LogP contribution in [0.25, 0.3) is 17.2 Å². The molecule has 0 atom stereocenters. The monoisotopic (exact) mass is 408 g/mol. The van der Waals surface area contributed by atoms with Crippen LogP contribution < -0.4 is 5.32 Å². The molecular formula is C20H17FN6OS. The second kappa shape index (κ2) is 8.27. The SMILES string of the molecule is Cc1cc(-c2nnc(SCC(=O)Nc3ccccc3F)n2-c2ccccc2)n[nH]1. The molecule has 29 heavy (non-hydrogen) atoms. The zero-order valence-corrected chi connectivity index (χ0v) is 16.3. The highest BCUT2D eigenvalue weighted by Crippen LogP contribution is 2.27. The van der Waals surface area contributed by atoms with Gasteiger partial charge in [-0.05, 0) is 37.3 Å². The van der Waals surface area contributed by atoms with E-state index < -0.39 is 5.82 Å². The Kier molecular flexibility index (Phi) is 5.39. The van der Waals surface area contributed by atoms with Crippen LogP contribution in [-0.2, 0) is 4.79 Å². The largest absolute Gasteiger partial charge is 0.323 e. The van der Waals surface area contributed by atoms with Crippen molar-refractivity contribution >= 4 is 23.4 Å². The van der Waals surface area contributed by atoms with Gasteiger partial charge < -0.3 is 5.32 Å². The average molecular weight is 408 g/mol. The molecule has 1 amide bonds. The van der Waals surface area contributed by atoms with Crippen molar-refractivity contribution in [2.75, 3.05) is 11.1 Å². The predicted molar refractivity (Wildman–Crippen MR) is 109 cm³/mol. The first kappa shape index (κ1) is 18.9. The van der Waals surface area contributed by atoms with Crippen molar-refractivity contribution in [3.05, 3.63) is 72.2 Å². The van der Waals surface area contributed by atoms with Crippen LogP contribution >= 0.6 is 11.8 Å². The number of aryl methyl sites for hydroxylation is 1. The van der Waals surface area contributed by atoms with Gasteiger partial charge in [-0.1, -0.05) is 42.1 Å². The summed E-state index contributed by atoms with van der Waals surface area (Å²) in [6, 6.07) is 17.5. The first-order chi connectivity index (χ1) is 14.1. The third-order valence-electron chi connectivity index (χ3n) is 4.06. The molecule has 9 heteroatoms. The van der Waals surface area contributed by atoms with Crippen LogP contribution in [0.3, 0.4) is 0 Å². The fourth-order valence-corrected chi connectivity index (χ4v) is 3.50. The van der Waals surface area contributed by atoms with E-state index in [0.717, 1.165) is 11.4 Å². The number of benzene rings is 2. The van der Waals surface area contributed by atoms with E-state index in [0.29, 0.717) is 16.7 Å². The third-order valence-corrected chi connectivity index (χ3v) is 4.99. The summed E-state index contributed by atoms with van der Waals surface area (Å²) in [5.41, 5.74) is 2.56.